The minimum atomic E-state index is -1.23. The molecule has 0 aliphatic heterocycles. The van der Waals surface area contributed by atoms with Crippen LogP contribution in [-0.4, -0.2) is 27.2 Å². The molecule has 3 rings (SSSR count). The molecule has 3 aromatic rings. The van der Waals surface area contributed by atoms with Crippen molar-refractivity contribution in [1.29, 1.82) is 0 Å². The molecule has 0 bridgehead atoms. The van der Waals surface area contributed by atoms with E-state index in [1.807, 2.05) is 13.0 Å². The van der Waals surface area contributed by atoms with E-state index in [9.17, 15) is 14.7 Å². The summed E-state index contributed by atoms with van der Waals surface area (Å²) in [5.74, 6) is -1.66. The molecule has 0 radical (unpaired) electrons. The molecule has 126 valence electrons. The summed E-state index contributed by atoms with van der Waals surface area (Å²) in [4.78, 5) is 24.0. The number of hydrogen-bond donors (Lipinski definition) is 3. The van der Waals surface area contributed by atoms with Gasteiger partial charge in [0.1, 0.15) is 11.4 Å². The Morgan fingerprint density at radius 3 is 2.60 bits per heavy atom. The molecular formula is C18H14ClN3O3. The quantitative estimate of drug-likeness (QED) is 0.659. The zero-order valence-electron chi connectivity index (χ0n) is 13.2. The summed E-state index contributed by atoms with van der Waals surface area (Å²) >= 11 is 6.18. The summed E-state index contributed by atoms with van der Waals surface area (Å²) in [5.41, 5.74) is 1.99. The van der Waals surface area contributed by atoms with E-state index in [1.165, 1.54) is 0 Å². The van der Waals surface area contributed by atoms with Gasteiger partial charge in [-0.15, -0.1) is 0 Å². The molecule has 0 saturated heterocycles. The number of aryl methyl sites for hydroxylation is 1. The highest BCUT2D eigenvalue weighted by Gasteiger charge is 2.23. The van der Waals surface area contributed by atoms with E-state index in [4.69, 9.17) is 11.6 Å². The van der Waals surface area contributed by atoms with Crippen LogP contribution < -0.4 is 5.32 Å². The fraction of sp³-hybridized carbons (Fsp3) is 0.0556. The lowest BCUT2D eigenvalue weighted by Gasteiger charge is -2.08. The SMILES string of the molecule is Cc1cccc(C(=O)Nc2c(-c3ccccc3Cl)n[nH]c2C(=O)O)c1. The Morgan fingerprint density at radius 1 is 1.16 bits per heavy atom. The topological polar surface area (TPSA) is 95.1 Å². The maximum Gasteiger partial charge on any atom is 0.356 e. The highest BCUT2D eigenvalue weighted by Crippen LogP contribution is 2.33. The number of hydrogen-bond acceptors (Lipinski definition) is 3. The normalized spacial score (nSPS) is 10.5. The molecule has 0 unspecified atom stereocenters. The maximum atomic E-state index is 12.5. The minimum Gasteiger partial charge on any atom is -0.476 e. The third kappa shape index (κ3) is 3.39. The first-order valence-corrected chi connectivity index (χ1v) is 7.79. The van der Waals surface area contributed by atoms with Gasteiger partial charge in [0.15, 0.2) is 5.69 Å². The molecule has 0 saturated carbocycles. The van der Waals surface area contributed by atoms with Crippen LogP contribution in [0.5, 0.6) is 0 Å². The number of benzene rings is 2. The summed E-state index contributed by atoms with van der Waals surface area (Å²) in [5, 5.41) is 18.9. The van der Waals surface area contributed by atoms with Gasteiger partial charge in [0.2, 0.25) is 0 Å². The molecule has 0 aliphatic carbocycles. The van der Waals surface area contributed by atoms with Gasteiger partial charge in [-0.2, -0.15) is 5.10 Å². The van der Waals surface area contributed by atoms with Crippen LogP contribution in [0.4, 0.5) is 5.69 Å². The highest BCUT2D eigenvalue weighted by atomic mass is 35.5. The Hall–Kier alpha value is -3.12. The molecule has 25 heavy (non-hydrogen) atoms. The first kappa shape index (κ1) is 16.7. The maximum absolute atomic E-state index is 12.5. The van der Waals surface area contributed by atoms with Gasteiger partial charge in [-0.05, 0) is 25.1 Å². The fourth-order valence-corrected chi connectivity index (χ4v) is 2.66. The van der Waals surface area contributed by atoms with Crippen molar-refractivity contribution in [2.45, 2.75) is 6.92 Å². The monoisotopic (exact) mass is 355 g/mol. The number of aromatic carboxylic acids is 1. The molecule has 0 aliphatic rings. The Labute approximate surface area is 148 Å². The Bertz CT molecular complexity index is 966. The summed E-state index contributed by atoms with van der Waals surface area (Å²) in [6, 6.07) is 13.9. The average Bonchev–Trinajstić information content (AvgIpc) is 2.99. The molecule has 1 amide bonds. The number of carbonyl (C=O) groups is 2. The van der Waals surface area contributed by atoms with Gasteiger partial charge in [0, 0.05) is 11.1 Å². The number of carboxylic acids is 1. The average molecular weight is 356 g/mol. The van der Waals surface area contributed by atoms with Crippen molar-refractivity contribution in [3.63, 3.8) is 0 Å². The van der Waals surface area contributed by atoms with Crippen LogP contribution in [0.3, 0.4) is 0 Å². The number of amides is 1. The summed E-state index contributed by atoms with van der Waals surface area (Å²) in [6.07, 6.45) is 0. The van der Waals surface area contributed by atoms with Crippen molar-refractivity contribution >= 4 is 29.2 Å². The molecular weight excluding hydrogens is 342 g/mol. The molecule has 2 aromatic carbocycles. The van der Waals surface area contributed by atoms with Crippen LogP contribution in [0.1, 0.15) is 26.4 Å². The van der Waals surface area contributed by atoms with Gasteiger partial charge in [-0.25, -0.2) is 4.79 Å². The lowest BCUT2D eigenvalue weighted by molar-refractivity contribution is 0.0691. The van der Waals surface area contributed by atoms with Crippen molar-refractivity contribution in [3.8, 4) is 11.3 Å². The number of nitrogens with one attached hydrogen (secondary N) is 2. The van der Waals surface area contributed by atoms with Crippen LogP contribution in [-0.2, 0) is 0 Å². The number of carbonyl (C=O) groups excluding carboxylic acids is 1. The van der Waals surface area contributed by atoms with Gasteiger partial charge >= 0.3 is 5.97 Å². The first-order valence-electron chi connectivity index (χ1n) is 7.42. The van der Waals surface area contributed by atoms with Crippen LogP contribution in [0.15, 0.2) is 48.5 Å². The Morgan fingerprint density at radius 2 is 1.92 bits per heavy atom. The zero-order chi connectivity index (χ0) is 18.0. The van der Waals surface area contributed by atoms with Crippen molar-refractivity contribution < 1.29 is 14.7 Å². The lowest BCUT2D eigenvalue weighted by atomic mass is 10.1. The van der Waals surface area contributed by atoms with Gasteiger partial charge < -0.3 is 10.4 Å². The van der Waals surface area contributed by atoms with Crippen molar-refractivity contribution in [1.82, 2.24) is 10.2 Å². The summed E-state index contributed by atoms with van der Waals surface area (Å²) < 4.78 is 0. The largest absolute Gasteiger partial charge is 0.476 e. The highest BCUT2D eigenvalue weighted by molar-refractivity contribution is 6.33. The number of anilines is 1. The second kappa shape index (κ2) is 6.78. The van der Waals surface area contributed by atoms with Crippen LogP contribution in [0, 0.1) is 6.92 Å². The minimum absolute atomic E-state index is 0.0760. The number of halogens is 1. The molecule has 1 aromatic heterocycles. The van der Waals surface area contributed by atoms with Gasteiger partial charge in [-0.3, -0.25) is 9.89 Å². The smallest absolute Gasteiger partial charge is 0.356 e. The van der Waals surface area contributed by atoms with E-state index in [-0.39, 0.29) is 17.1 Å². The molecule has 0 spiro atoms. The molecule has 1 heterocycles. The number of H-pyrrole nitrogens is 1. The molecule has 0 atom stereocenters. The van der Waals surface area contributed by atoms with Gasteiger partial charge in [0.05, 0.1) is 5.02 Å². The predicted molar refractivity (Wildman–Crippen MR) is 95.1 cm³/mol. The van der Waals surface area contributed by atoms with E-state index in [0.717, 1.165) is 5.56 Å². The standard InChI is InChI=1S/C18H14ClN3O3/c1-10-5-4-6-11(9-10)17(23)20-15-14(21-22-16(15)18(24)25)12-7-2-3-8-13(12)19/h2-9H,1H3,(H,20,23)(H,21,22)(H,24,25). The number of aromatic amines is 1. The Kier molecular flexibility index (Phi) is 4.54. The fourth-order valence-electron chi connectivity index (χ4n) is 2.44. The number of nitrogens with zero attached hydrogens (tertiary/aromatic N) is 1. The Balaban J connectivity index is 2.05. The van der Waals surface area contributed by atoms with Gasteiger partial charge in [-0.1, -0.05) is 47.5 Å². The van der Waals surface area contributed by atoms with E-state index in [0.29, 0.717) is 16.1 Å². The van der Waals surface area contributed by atoms with E-state index in [2.05, 4.69) is 15.5 Å². The number of aromatic nitrogens is 2. The third-order valence-corrected chi connectivity index (χ3v) is 3.96. The van der Waals surface area contributed by atoms with Crippen LogP contribution in [0.2, 0.25) is 5.02 Å². The second-order valence-corrected chi connectivity index (χ2v) is 5.84. The predicted octanol–water partition coefficient (Wildman–Crippen LogP) is 3.99. The van der Waals surface area contributed by atoms with E-state index < -0.39 is 11.9 Å². The van der Waals surface area contributed by atoms with Crippen LogP contribution in [0.25, 0.3) is 11.3 Å². The van der Waals surface area contributed by atoms with E-state index >= 15 is 0 Å². The first-order chi connectivity index (χ1) is 12.0. The molecule has 7 heteroatoms. The second-order valence-electron chi connectivity index (χ2n) is 5.43. The van der Waals surface area contributed by atoms with Gasteiger partial charge in [0.25, 0.3) is 5.91 Å². The third-order valence-electron chi connectivity index (χ3n) is 3.63. The van der Waals surface area contributed by atoms with E-state index in [1.54, 1.807) is 42.5 Å². The number of rotatable bonds is 4. The van der Waals surface area contributed by atoms with Crippen molar-refractivity contribution in [2.24, 2.45) is 0 Å². The van der Waals surface area contributed by atoms with Crippen molar-refractivity contribution in [2.75, 3.05) is 5.32 Å². The van der Waals surface area contributed by atoms with Crippen molar-refractivity contribution in [3.05, 3.63) is 70.4 Å². The lowest BCUT2D eigenvalue weighted by Crippen LogP contribution is -2.15. The summed E-state index contributed by atoms with van der Waals surface area (Å²) in [6.45, 7) is 1.87. The zero-order valence-corrected chi connectivity index (χ0v) is 14.0. The molecule has 6 nitrogen and oxygen atoms in total. The summed E-state index contributed by atoms with van der Waals surface area (Å²) in [7, 11) is 0. The molecule has 3 N–H and O–H groups in total. The number of carboxylic acid groups (broad SMARTS) is 1. The molecule has 0 fully saturated rings. The van der Waals surface area contributed by atoms with Crippen LogP contribution >= 0.6 is 11.6 Å².